The number of rotatable bonds is 9. The number of methoxy groups -OCH3 is 3. The lowest BCUT2D eigenvalue weighted by Gasteiger charge is -2.36. The molecule has 0 aliphatic carbocycles. The zero-order chi connectivity index (χ0) is 39.7. The summed E-state index contributed by atoms with van der Waals surface area (Å²) in [5.41, 5.74) is 1.40. The Morgan fingerprint density at radius 2 is 1.47 bits per heavy atom. The zero-order valence-electron chi connectivity index (χ0n) is 30.9. The second kappa shape index (κ2) is 17.9. The van der Waals surface area contributed by atoms with Gasteiger partial charge in [-0.25, -0.2) is 14.4 Å². The number of aliphatic hydroxyl groups excluding tert-OH is 1. The summed E-state index contributed by atoms with van der Waals surface area (Å²) in [5.74, 6) is -5.60. The third-order valence-electron chi connectivity index (χ3n) is 8.22. The van der Waals surface area contributed by atoms with Crippen molar-refractivity contribution in [1.29, 1.82) is 0 Å². The molecule has 0 aromatic rings. The molecule has 0 spiro atoms. The van der Waals surface area contributed by atoms with Gasteiger partial charge in [-0.3, -0.25) is 29.0 Å². The fraction of sp³-hybridized carbons (Fsp3) is 0.781. The number of carbonyl (C=O) groups excluding carboxylic acids is 5. The number of hydrogen-bond acceptors (Lipinski definition) is 15. The molecule has 0 saturated carbocycles. The van der Waals surface area contributed by atoms with Gasteiger partial charge in [0.25, 0.3) is 0 Å². The molecular weight excluding hydrogens is 682 g/mol. The summed E-state index contributed by atoms with van der Waals surface area (Å²) in [4.78, 5) is 83.5. The van der Waals surface area contributed by atoms with Gasteiger partial charge < -0.3 is 49.5 Å². The molecule has 3 heterocycles. The number of amides is 2. The lowest BCUT2D eigenvalue weighted by atomic mass is 9.91. The maximum atomic E-state index is 12.7. The topological polar surface area (TPSA) is 268 Å². The fourth-order valence-corrected chi connectivity index (χ4v) is 5.56. The van der Waals surface area contributed by atoms with Gasteiger partial charge in [0.05, 0.1) is 47.8 Å². The molecule has 2 amide bonds. The second-order valence-electron chi connectivity index (χ2n) is 14.3. The van der Waals surface area contributed by atoms with Crippen molar-refractivity contribution < 1.29 is 77.3 Å². The number of nitrogens with zero attached hydrogens (tertiary/aromatic N) is 2. The summed E-state index contributed by atoms with van der Waals surface area (Å²) in [6.07, 6.45) is -2.29. The second-order valence-corrected chi connectivity index (χ2v) is 14.3. The number of esters is 3. The van der Waals surface area contributed by atoms with Gasteiger partial charge in [0, 0.05) is 23.7 Å². The molecule has 3 aliphatic heterocycles. The van der Waals surface area contributed by atoms with E-state index in [0.717, 1.165) is 0 Å². The number of aliphatic carboxylic acids is 2. The van der Waals surface area contributed by atoms with Crippen LogP contribution in [0.4, 0.5) is 4.79 Å². The van der Waals surface area contributed by atoms with Crippen LogP contribution in [-0.4, -0.2) is 144 Å². The Balaban J connectivity index is 0.000000402. The van der Waals surface area contributed by atoms with Crippen LogP contribution >= 0.6 is 0 Å². The summed E-state index contributed by atoms with van der Waals surface area (Å²) in [7, 11) is 3.82. The molecule has 0 radical (unpaired) electrons. The average Bonchev–Trinajstić information content (AvgIpc) is 3.76. The summed E-state index contributed by atoms with van der Waals surface area (Å²) in [5, 5.41) is 25.3. The van der Waals surface area contributed by atoms with Crippen LogP contribution in [0.5, 0.6) is 0 Å². The first-order valence-corrected chi connectivity index (χ1v) is 16.0. The van der Waals surface area contributed by atoms with Crippen LogP contribution in [0, 0.1) is 16.7 Å². The van der Waals surface area contributed by atoms with Crippen molar-refractivity contribution in [3.8, 4) is 0 Å². The minimum Gasteiger partial charge on any atom is -0.481 e. The third-order valence-corrected chi connectivity index (χ3v) is 8.22. The Bertz CT molecular complexity index is 1290. The molecule has 0 aromatic carbocycles. The highest BCUT2D eigenvalue weighted by Gasteiger charge is 2.66. The van der Waals surface area contributed by atoms with E-state index in [1.54, 1.807) is 6.92 Å². The van der Waals surface area contributed by atoms with Crippen LogP contribution in [0.1, 0.15) is 67.7 Å². The SMILES string of the molecule is CCOC(=O)[C@@H]1C[C@]2(C(=O)OC)CO[C@@H](C(C)(C)C)N2C1=O.COC(=O)[C@H]1CO[C@@H](C(C)(C)C)N1C(=O)OC.N[C@@](CO)(CCC(=O)O)C(=O)O. The Morgan fingerprint density at radius 1 is 0.902 bits per heavy atom. The molecule has 0 aromatic heterocycles. The largest absolute Gasteiger partial charge is 0.481 e. The van der Waals surface area contributed by atoms with Crippen molar-refractivity contribution in [1.82, 2.24) is 9.80 Å². The van der Waals surface area contributed by atoms with Gasteiger partial charge >= 0.3 is 35.9 Å². The molecule has 0 bridgehead atoms. The first-order valence-electron chi connectivity index (χ1n) is 16.0. The maximum Gasteiger partial charge on any atom is 0.412 e. The van der Waals surface area contributed by atoms with E-state index < -0.39 is 89.4 Å². The van der Waals surface area contributed by atoms with Gasteiger partial charge in [-0.05, 0) is 13.3 Å². The quantitative estimate of drug-likeness (QED) is 0.141. The average molecular weight is 736 g/mol. The van der Waals surface area contributed by atoms with E-state index in [0.29, 0.717) is 0 Å². The fourth-order valence-electron chi connectivity index (χ4n) is 5.56. The van der Waals surface area contributed by atoms with Gasteiger partial charge in [0.15, 0.2) is 11.6 Å². The van der Waals surface area contributed by atoms with E-state index in [9.17, 15) is 33.6 Å². The predicted octanol–water partition coefficient (Wildman–Crippen LogP) is 0.337. The Labute approximate surface area is 296 Å². The highest BCUT2D eigenvalue weighted by molar-refractivity contribution is 6.04. The molecule has 3 aliphatic rings. The molecule has 19 heteroatoms. The third kappa shape index (κ3) is 10.5. The van der Waals surface area contributed by atoms with Crippen molar-refractivity contribution >= 4 is 41.8 Å². The van der Waals surface area contributed by atoms with Crippen LogP contribution in [0.25, 0.3) is 0 Å². The molecule has 292 valence electrons. The molecule has 19 nitrogen and oxygen atoms in total. The molecule has 51 heavy (non-hydrogen) atoms. The minimum absolute atomic E-state index is 0.0310. The Hall–Kier alpha value is -4.07. The number of aliphatic hydroxyl groups is 1. The van der Waals surface area contributed by atoms with Crippen LogP contribution in [0.3, 0.4) is 0 Å². The molecular formula is C32H53N3O16. The number of hydrogen-bond donors (Lipinski definition) is 4. The number of nitrogens with two attached hydrogens (primary N) is 1. The number of carboxylic acids is 2. The zero-order valence-corrected chi connectivity index (χ0v) is 30.9. The van der Waals surface area contributed by atoms with Crippen LogP contribution < -0.4 is 5.73 Å². The van der Waals surface area contributed by atoms with E-state index in [2.05, 4.69) is 9.47 Å². The highest BCUT2D eigenvalue weighted by Crippen LogP contribution is 2.46. The lowest BCUT2D eigenvalue weighted by molar-refractivity contribution is -0.160. The number of fused-ring (bicyclic) bond motifs is 1. The van der Waals surface area contributed by atoms with Crippen LogP contribution in [0.15, 0.2) is 0 Å². The van der Waals surface area contributed by atoms with Crippen molar-refractivity contribution in [3.63, 3.8) is 0 Å². The van der Waals surface area contributed by atoms with Gasteiger partial charge in [0.2, 0.25) is 5.91 Å². The smallest absolute Gasteiger partial charge is 0.412 e. The number of carboxylic acid groups (broad SMARTS) is 2. The molecule has 0 unspecified atom stereocenters. The van der Waals surface area contributed by atoms with Crippen molar-refractivity contribution in [2.24, 2.45) is 22.5 Å². The molecule has 3 saturated heterocycles. The van der Waals surface area contributed by atoms with Crippen molar-refractivity contribution in [3.05, 3.63) is 0 Å². The summed E-state index contributed by atoms with van der Waals surface area (Å²) >= 11 is 0. The van der Waals surface area contributed by atoms with E-state index >= 15 is 0 Å². The molecule has 3 fully saturated rings. The highest BCUT2D eigenvalue weighted by atomic mass is 16.6. The summed E-state index contributed by atoms with van der Waals surface area (Å²) < 4.78 is 30.4. The first kappa shape index (κ1) is 45.0. The first-order chi connectivity index (χ1) is 23.4. The van der Waals surface area contributed by atoms with E-state index in [-0.39, 0.29) is 44.5 Å². The van der Waals surface area contributed by atoms with E-state index in [1.165, 1.54) is 31.1 Å². The maximum absolute atomic E-state index is 12.7. The van der Waals surface area contributed by atoms with E-state index in [1.807, 2.05) is 41.5 Å². The lowest BCUT2D eigenvalue weighted by Crippen LogP contribution is -2.54. The van der Waals surface area contributed by atoms with Crippen LogP contribution in [-0.2, 0) is 57.2 Å². The van der Waals surface area contributed by atoms with Gasteiger partial charge in [0.1, 0.15) is 23.9 Å². The monoisotopic (exact) mass is 735 g/mol. The van der Waals surface area contributed by atoms with E-state index in [4.69, 9.17) is 40.0 Å². The van der Waals surface area contributed by atoms with Gasteiger partial charge in [-0.1, -0.05) is 41.5 Å². The van der Waals surface area contributed by atoms with Gasteiger partial charge in [-0.15, -0.1) is 0 Å². The number of carbonyl (C=O) groups is 7. The summed E-state index contributed by atoms with van der Waals surface area (Å²) in [6, 6.07) is -0.739. The summed E-state index contributed by atoms with van der Waals surface area (Å²) in [6.45, 7) is 12.8. The Morgan fingerprint density at radius 3 is 1.88 bits per heavy atom. The number of ether oxygens (including phenoxy) is 6. The van der Waals surface area contributed by atoms with Crippen molar-refractivity contribution in [2.75, 3.05) is 47.8 Å². The standard InChI is InChI=1S/C15H23NO6.C11H19NO5.C6H11NO5/c1-6-21-11(18)9-7-15(13(19)20-5)8-22-12(14(2,3)4)16(15)10(9)17;1-11(2,3)9-12(10(14)16-5)7(6-17-9)8(13)15-4;7-6(3-8,5(11)12)2-1-4(9)10/h9,12H,6-8H2,1-5H3;7,9H,6H2,1-5H3;8H,1-3,7H2,(H,9,10)(H,11,12)/t9-,12+,15-;7-,9+;6-/m111/s1. The van der Waals surface area contributed by atoms with Crippen molar-refractivity contribution in [2.45, 2.75) is 97.3 Å². The predicted molar refractivity (Wildman–Crippen MR) is 173 cm³/mol. The van der Waals surface area contributed by atoms with Crippen LogP contribution in [0.2, 0.25) is 0 Å². The normalized spacial score (nSPS) is 25.2. The molecule has 5 N–H and O–H groups in total. The minimum atomic E-state index is -1.83. The molecule has 3 rings (SSSR count). The molecule has 6 atom stereocenters. The Kier molecular flexibility index (Phi) is 15.8. The van der Waals surface area contributed by atoms with Gasteiger partial charge in [-0.2, -0.15) is 0 Å².